The Morgan fingerprint density at radius 1 is 0.387 bits per heavy atom. The third kappa shape index (κ3) is 5.17. The molecule has 4 heterocycles. The molecular weight excluding hydrogens is 772 g/mol. The molecule has 11 aromatic rings. The summed E-state index contributed by atoms with van der Waals surface area (Å²) in [6.45, 7) is 0.0368. The monoisotopic (exact) mass is 808 g/mol. The molecule has 2 aromatic heterocycles. The van der Waals surface area contributed by atoms with Gasteiger partial charge in [-0.15, -0.1) is 0 Å². The van der Waals surface area contributed by atoms with E-state index in [9.17, 15) is 0 Å². The van der Waals surface area contributed by atoms with Crippen LogP contribution >= 0.6 is 11.8 Å². The van der Waals surface area contributed by atoms with Crippen molar-refractivity contribution in [3.63, 3.8) is 0 Å². The maximum atomic E-state index is 2.64. The van der Waals surface area contributed by atoms with E-state index in [1.807, 2.05) is 11.8 Å². The lowest BCUT2D eigenvalue weighted by Gasteiger charge is -2.36. The lowest BCUT2D eigenvalue weighted by Crippen LogP contribution is -2.58. The number of nitrogens with zero attached hydrogens (tertiary/aromatic N) is 4. The van der Waals surface area contributed by atoms with Gasteiger partial charge in [-0.2, -0.15) is 0 Å². The highest BCUT2D eigenvalue weighted by Crippen LogP contribution is 2.50. The van der Waals surface area contributed by atoms with E-state index >= 15 is 0 Å². The first kappa shape index (κ1) is 35.1. The fraction of sp³-hybridized carbons (Fsp3) is 0. The fourth-order valence-electron chi connectivity index (χ4n) is 10.2. The molecule has 0 saturated carbocycles. The molecule has 0 aliphatic carbocycles. The number of anilines is 6. The Morgan fingerprint density at radius 2 is 0.935 bits per heavy atom. The largest absolute Gasteiger partial charge is 0.310 e. The molecule has 2 aliphatic rings. The van der Waals surface area contributed by atoms with Gasteiger partial charge in [-0.05, 0) is 102 Å². The molecule has 6 heteroatoms. The molecule has 62 heavy (non-hydrogen) atoms. The van der Waals surface area contributed by atoms with Crippen LogP contribution in [0, 0.1) is 0 Å². The van der Waals surface area contributed by atoms with Gasteiger partial charge in [0.1, 0.15) is 0 Å². The second-order valence-corrected chi connectivity index (χ2v) is 17.2. The van der Waals surface area contributed by atoms with Crippen molar-refractivity contribution in [2.45, 2.75) is 9.79 Å². The Kier molecular flexibility index (Phi) is 7.90. The van der Waals surface area contributed by atoms with Gasteiger partial charge < -0.3 is 18.9 Å². The molecule has 0 radical (unpaired) electrons. The highest BCUT2D eigenvalue weighted by Gasteiger charge is 2.42. The number of rotatable bonds is 7. The number of para-hydroxylation sites is 6. The Morgan fingerprint density at radius 3 is 1.58 bits per heavy atom. The normalized spacial score (nSPS) is 12.4. The van der Waals surface area contributed by atoms with E-state index in [4.69, 9.17) is 0 Å². The Balaban J connectivity index is 1.23. The van der Waals surface area contributed by atoms with Crippen LogP contribution in [0.25, 0.3) is 44.2 Å². The van der Waals surface area contributed by atoms with Crippen molar-refractivity contribution in [3.05, 3.63) is 224 Å². The van der Waals surface area contributed by atoms with Crippen molar-refractivity contribution in [1.29, 1.82) is 0 Å². The van der Waals surface area contributed by atoms with Crippen LogP contribution in [0.4, 0.5) is 34.1 Å². The molecule has 0 unspecified atom stereocenters. The van der Waals surface area contributed by atoms with Crippen molar-refractivity contribution >= 4 is 102 Å². The lowest BCUT2D eigenvalue weighted by atomic mass is 9.35. The second kappa shape index (κ2) is 13.9. The van der Waals surface area contributed by atoms with Gasteiger partial charge in [0.2, 0.25) is 6.71 Å². The van der Waals surface area contributed by atoms with Crippen molar-refractivity contribution < 1.29 is 0 Å². The topological polar surface area (TPSA) is 16.3 Å². The van der Waals surface area contributed by atoms with Crippen LogP contribution in [0.5, 0.6) is 0 Å². The predicted molar refractivity (Wildman–Crippen MR) is 262 cm³/mol. The smallest absolute Gasteiger partial charge is 0.249 e. The van der Waals surface area contributed by atoms with Gasteiger partial charge in [0.15, 0.2) is 0 Å². The Bertz CT molecular complexity index is 3420. The number of benzene rings is 9. The molecule has 0 amide bonds. The molecule has 0 bridgehead atoms. The summed E-state index contributed by atoms with van der Waals surface area (Å²) in [6.07, 6.45) is 0. The van der Waals surface area contributed by atoms with Crippen molar-refractivity contribution in [2.24, 2.45) is 0 Å². The Labute approximate surface area is 364 Å². The lowest BCUT2D eigenvalue weighted by molar-refractivity contribution is 1.16. The molecule has 0 N–H and O–H groups in total. The summed E-state index contributed by atoms with van der Waals surface area (Å²) in [4.78, 5) is 7.45. The molecule has 0 saturated heterocycles. The highest BCUT2D eigenvalue weighted by atomic mass is 32.2. The zero-order chi connectivity index (χ0) is 40.7. The van der Waals surface area contributed by atoms with E-state index in [2.05, 4.69) is 243 Å². The summed E-state index contributed by atoms with van der Waals surface area (Å²) in [5, 5.41) is 2.44. The van der Waals surface area contributed by atoms with Crippen LogP contribution < -0.4 is 26.2 Å². The average Bonchev–Trinajstić information content (AvgIpc) is 3.86. The first-order valence-electron chi connectivity index (χ1n) is 21.2. The third-order valence-electron chi connectivity index (χ3n) is 12.7. The van der Waals surface area contributed by atoms with Crippen LogP contribution in [-0.4, -0.2) is 15.8 Å². The molecule has 9 aromatic carbocycles. The number of hydrogen-bond acceptors (Lipinski definition) is 3. The third-order valence-corrected chi connectivity index (χ3v) is 13.8. The van der Waals surface area contributed by atoms with Crippen LogP contribution in [0.15, 0.2) is 234 Å². The number of fused-ring (bicyclic) bond motifs is 9. The van der Waals surface area contributed by atoms with E-state index in [0.717, 1.165) is 39.8 Å². The fourth-order valence-corrected chi connectivity index (χ4v) is 11.4. The van der Waals surface area contributed by atoms with Gasteiger partial charge in [0.05, 0.1) is 27.8 Å². The van der Waals surface area contributed by atoms with E-state index in [1.165, 1.54) is 64.7 Å². The van der Waals surface area contributed by atoms with E-state index in [1.54, 1.807) is 0 Å². The van der Waals surface area contributed by atoms with Gasteiger partial charge in [0.25, 0.3) is 0 Å². The van der Waals surface area contributed by atoms with Gasteiger partial charge in [0, 0.05) is 60.4 Å². The van der Waals surface area contributed by atoms with Crippen LogP contribution in [0.1, 0.15) is 0 Å². The molecular formula is C56H37BN4S. The van der Waals surface area contributed by atoms with Gasteiger partial charge in [-0.3, -0.25) is 0 Å². The maximum absolute atomic E-state index is 2.64. The van der Waals surface area contributed by atoms with Crippen molar-refractivity contribution in [2.75, 3.05) is 9.80 Å². The standard InChI is InChI=1S/C56H37BN4S/c1-6-20-38(21-7-1)58(39-22-8-2-9-23-39)43-36-49-53-51(37-43)62-50-33-19-17-31-45(50)57(53)46-34-35-48(59(40-24-10-3-11-25-40)41-26-12-4-13-27-41)52-55(46)61(49)54-44-30-16-18-32-47(44)60(56(52)54)42-28-14-5-15-29-42/h1-37H. The van der Waals surface area contributed by atoms with Crippen molar-refractivity contribution in [3.8, 4) is 11.4 Å². The summed E-state index contributed by atoms with van der Waals surface area (Å²) in [7, 11) is 0. The van der Waals surface area contributed by atoms with Gasteiger partial charge in [-0.25, -0.2) is 0 Å². The zero-order valence-corrected chi connectivity index (χ0v) is 34.5. The predicted octanol–water partition coefficient (Wildman–Crippen LogP) is 13.0. The minimum absolute atomic E-state index is 0.0368. The molecule has 4 nitrogen and oxygen atoms in total. The van der Waals surface area contributed by atoms with E-state index < -0.39 is 0 Å². The molecule has 13 rings (SSSR count). The zero-order valence-electron chi connectivity index (χ0n) is 33.6. The minimum Gasteiger partial charge on any atom is -0.310 e. The summed E-state index contributed by atoms with van der Waals surface area (Å²) in [6, 6.07) is 81.9. The summed E-state index contributed by atoms with van der Waals surface area (Å²) in [5.74, 6) is 0. The van der Waals surface area contributed by atoms with Crippen LogP contribution in [-0.2, 0) is 0 Å². The summed E-state index contributed by atoms with van der Waals surface area (Å²) in [5.41, 5.74) is 17.9. The quantitative estimate of drug-likeness (QED) is 0.149. The second-order valence-electron chi connectivity index (χ2n) is 16.1. The molecule has 290 valence electrons. The van der Waals surface area contributed by atoms with Crippen LogP contribution in [0.3, 0.4) is 0 Å². The SMILES string of the molecule is c1ccc(N(c2ccccc2)c2cc3c4c(c2)-n2c5c(ccc(N(c6ccccc6)c6ccccc6)c5c5c2c2ccccc2n5-c2ccccc2)B4c2ccccc2S3)cc1. The maximum Gasteiger partial charge on any atom is 0.249 e. The summed E-state index contributed by atoms with van der Waals surface area (Å²) >= 11 is 1.90. The van der Waals surface area contributed by atoms with Crippen molar-refractivity contribution in [1.82, 2.24) is 9.13 Å². The molecule has 0 atom stereocenters. The van der Waals surface area contributed by atoms with E-state index in [-0.39, 0.29) is 6.71 Å². The number of aromatic nitrogens is 2. The first-order valence-corrected chi connectivity index (χ1v) is 22.0. The molecule has 0 fully saturated rings. The Hall–Kier alpha value is -7.67. The number of hydrogen-bond donors (Lipinski definition) is 0. The summed E-state index contributed by atoms with van der Waals surface area (Å²) < 4.78 is 5.15. The van der Waals surface area contributed by atoms with Gasteiger partial charge >= 0.3 is 0 Å². The van der Waals surface area contributed by atoms with Crippen LogP contribution in [0.2, 0.25) is 0 Å². The average molecular weight is 809 g/mol. The first-order chi connectivity index (χ1) is 30.8. The molecule has 0 spiro atoms. The van der Waals surface area contributed by atoms with Gasteiger partial charge in [-0.1, -0.05) is 151 Å². The van der Waals surface area contributed by atoms with E-state index in [0.29, 0.717) is 0 Å². The highest BCUT2D eigenvalue weighted by molar-refractivity contribution is 8.00. The minimum atomic E-state index is 0.0368. The molecule has 2 aliphatic heterocycles.